The summed E-state index contributed by atoms with van der Waals surface area (Å²) in [5.74, 6) is -1.88. The molecule has 0 saturated heterocycles. The minimum atomic E-state index is -1.07. The summed E-state index contributed by atoms with van der Waals surface area (Å²) in [6, 6.07) is 1.37. The molecule has 0 aliphatic carbocycles. The number of rotatable bonds is 5. The molecule has 0 radical (unpaired) electrons. The number of carboxylic acid groups (broad SMARTS) is 1. The van der Waals surface area contributed by atoms with E-state index in [1.807, 2.05) is 0 Å². The molecule has 0 aromatic carbocycles. The second-order valence-corrected chi connectivity index (χ2v) is 4.04. The van der Waals surface area contributed by atoms with Gasteiger partial charge >= 0.3 is 5.97 Å². The summed E-state index contributed by atoms with van der Waals surface area (Å²) in [6.07, 6.45) is 5.38. The Morgan fingerprint density at radius 1 is 1.05 bits per heavy atom. The van der Waals surface area contributed by atoms with Gasteiger partial charge in [0.25, 0.3) is 0 Å². The van der Waals surface area contributed by atoms with Gasteiger partial charge in [-0.1, -0.05) is 0 Å². The number of hydrogen-bond acceptors (Lipinski definition) is 6. The van der Waals surface area contributed by atoms with Crippen LogP contribution in [0.2, 0.25) is 0 Å². The minimum Gasteiger partial charge on any atom is -0.506 e. The Bertz CT molecular complexity index is 643. The summed E-state index contributed by atoms with van der Waals surface area (Å²) in [7, 11) is 0. The minimum absolute atomic E-state index is 0.133. The Hall–Kier alpha value is -2.83. The first-order valence-corrected chi connectivity index (χ1v) is 5.77. The van der Waals surface area contributed by atoms with Gasteiger partial charge in [-0.25, -0.2) is 15.0 Å². The van der Waals surface area contributed by atoms with E-state index in [-0.39, 0.29) is 24.3 Å². The molecule has 2 heterocycles. The number of carbonyl (C=O) groups is 2. The van der Waals surface area contributed by atoms with Gasteiger partial charge in [-0.3, -0.25) is 9.59 Å². The van der Waals surface area contributed by atoms with E-state index < -0.39 is 11.8 Å². The predicted octanol–water partition coefficient (Wildman–Crippen LogP) is 1.29. The fraction of sp³-hybridized carbons (Fsp3) is 0.154. The lowest BCUT2D eigenvalue weighted by atomic mass is 10.1. The molecule has 102 valence electrons. The van der Waals surface area contributed by atoms with Gasteiger partial charge in [0.15, 0.2) is 5.78 Å². The molecule has 7 heteroatoms. The third-order valence-electron chi connectivity index (χ3n) is 2.59. The molecule has 2 N–H and O–H groups in total. The number of aliphatic carboxylic acids is 1. The SMILES string of the molecule is O=C(O)CCC(=O)c1ncc(-c2cncnc2)cc1O. The molecule has 0 saturated carbocycles. The lowest BCUT2D eigenvalue weighted by Gasteiger charge is -2.05. The molecule has 2 rings (SSSR count). The zero-order chi connectivity index (χ0) is 14.5. The van der Waals surface area contributed by atoms with Crippen LogP contribution in [0.4, 0.5) is 0 Å². The van der Waals surface area contributed by atoms with Crippen molar-refractivity contribution in [1.82, 2.24) is 15.0 Å². The Balaban J connectivity index is 2.22. The van der Waals surface area contributed by atoms with Crippen LogP contribution in [-0.4, -0.2) is 36.9 Å². The van der Waals surface area contributed by atoms with Crippen LogP contribution in [-0.2, 0) is 4.79 Å². The van der Waals surface area contributed by atoms with Crippen molar-refractivity contribution in [2.75, 3.05) is 0 Å². The third kappa shape index (κ3) is 3.14. The third-order valence-corrected chi connectivity index (χ3v) is 2.59. The van der Waals surface area contributed by atoms with Crippen LogP contribution in [0.1, 0.15) is 23.3 Å². The van der Waals surface area contributed by atoms with Gasteiger partial charge in [0.1, 0.15) is 17.8 Å². The smallest absolute Gasteiger partial charge is 0.303 e. The number of Topliss-reactive ketones (excluding diaryl/α,β-unsaturated/α-hetero) is 1. The summed E-state index contributed by atoms with van der Waals surface area (Å²) >= 11 is 0. The number of nitrogens with zero attached hydrogens (tertiary/aromatic N) is 3. The number of carboxylic acids is 1. The predicted molar refractivity (Wildman–Crippen MR) is 68.1 cm³/mol. The van der Waals surface area contributed by atoms with Crippen molar-refractivity contribution >= 4 is 11.8 Å². The molecule has 20 heavy (non-hydrogen) atoms. The molecule has 0 unspecified atom stereocenters. The normalized spacial score (nSPS) is 10.2. The van der Waals surface area contributed by atoms with Crippen LogP contribution < -0.4 is 0 Å². The van der Waals surface area contributed by atoms with Crippen LogP contribution in [0, 0.1) is 0 Å². The van der Waals surface area contributed by atoms with E-state index in [4.69, 9.17) is 5.11 Å². The average molecular weight is 273 g/mol. The molecule has 2 aromatic rings. The van der Waals surface area contributed by atoms with Crippen molar-refractivity contribution in [1.29, 1.82) is 0 Å². The van der Waals surface area contributed by atoms with Crippen LogP contribution >= 0.6 is 0 Å². The molecule has 7 nitrogen and oxygen atoms in total. The van der Waals surface area contributed by atoms with E-state index in [1.165, 1.54) is 18.6 Å². The maximum absolute atomic E-state index is 11.7. The zero-order valence-corrected chi connectivity index (χ0v) is 10.4. The van der Waals surface area contributed by atoms with Gasteiger partial charge in [-0.15, -0.1) is 0 Å². The quantitative estimate of drug-likeness (QED) is 0.789. The lowest BCUT2D eigenvalue weighted by Crippen LogP contribution is -2.06. The number of carbonyl (C=O) groups excluding carboxylic acids is 1. The average Bonchev–Trinajstić information content (AvgIpc) is 2.45. The van der Waals surface area contributed by atoms with Crippen molar-refractivity contribution in [2.24, 2.45) is 0 Å². The molecular formula is C13H11N3O4. The van der Waals surface area contributed by atoms with Crippen molar-refractivity contribution in [3.8, 4) is 16.9 Å². The lowest BCUT2D eigenvalue weighted by molar-refractivity contribution is -0.136. The summed E-state index contributed by atoms with van der Waals surface area (Å²) in [6.45, 7) is 0. The second-order valence-electron chi connectivity index (χ2n) is 4.04. The van der Waals surface area contributed by atoms with E-state index in [2.05, 4.69) is 15.0 Å². The van der Waals surface area contributed by atoms with Crippen LogP contribution in [0.25, 0.3) is 11.1 Å². The topological polar surface area (TPSA) is 113 Å². The van der Waals surface area contributed by atoms with Gasteiger partial charge < -0.3 is 10.2 Å². The van der Waals surface area contributed by atoms with Gasteiger partial charge in [0.2, 0.25) is 0 Å². The van der Waals surface area contributed by atoms with E-state index in [0.29, 0.717) is 11.1 Å². The summed E-state index contributed by atoms with van der Waals surface area (Å²) < 4.78 is 0. The molecule has 0 bridgehead atoms. The van der Waals surface area contributed by atoms with Crippen molar-refractivity contribution in [2.45, 2.75) is 12.8 Å². The number of ketones is 1. The highest BCUT2D eigenvalue weighted by molar-refractivity contribution is 5.98. The van der Waals surface area contributed by atoms with Crippen LogP contribution in [0.3, 0.4) is 0 Å². The largest absolute Gasteiger partial charge is 0.506 e. The molecule has 0 amide bonds. The zero-order valence-electron chi connectivity index (χ0n) is 10.4. The highest BCUT2D eigenvalue weighted by Gasteiger charge is 2.15. The first-order valence-electron chi connectivity index (χ1n) is 5.77. The Labute approximate surface area is 114 Å². The number of pyridine rings is 1. The van der Waals surface area contributed by atoms with Gasteiger partial charge in [-0.2, -0.15) is 0 Å². The maximum Gasteiger partial charge on any atom is 0.303 e. The number of aromatic nitrogens is 3. The van der Waals surface area contributed by atoms with Crippen molar-refractivity contribution in [3.63, 3.8) is 0 Å². The van der Waals surface area contributed by atoms with Crippen molar-refractivity contribution < 1.29 is 19.8 Å². The Morgan fingerprint density at radius 3 is 2.35 bits per heavy atom. The first kappa shape index (κ1) is 13.6. The second kappa shape index (κ2) is 5.87. The summed E-state index contributed by atoms with van der Waals surface area (Å²) in [5.41, 5.74) is 1.09. The fourth-order valence-electron chi connectivity index (χ4n) is 1.61. The Kier molecular flexibility index (Phi) is 3.99. The standard InChI is InChI=1S/C13H11N3O4/c17-10(1-2-12(19)20)13-11(18)3-8(6-16-13)9-4-14-7-15-5-9/h3-7,18H,1-2H2,(H,19,20). The van der Waals surface area contributed by atoms with E-state index in [1.54, 1.807) is 12.4 Å². The summed E-state index contributed by atoms with van der Waals surface area (Å²) in [5, 5.41) is 18.3. The molecule has 2 aromatic heterocycles. The molecule has 0 aliphatic heterocycles. The van der Waals surface area contributed by atoms with Gasteiger partial charge in [-0.05, 0) is 6.07 Å². The monoisotopic (exact) mass is 273 g/mol. The molecular weight excluding hydrogens is 262 g/mol. The molecule has 0 fully saturated rings. The van der Waals surface area contributed by atoms with Gasteiger partial charge in [0.05, 0.1) is 6.42 Å². The molecule has 0 atom stereocenters. The highest BCUT2D eigenvalue weighted by Crippen LogP contribution is 2.24. The van der Waals surface area contributed by atoms with Crippen molar-refractivity contribution in [3.05, 3.63) is 36.7 Å². The highest BCUT2D eigenvalue weighted by atomic mass is 16.4. The van der Waals surface area contributed by atoms with Gasteiger partial charge in [0, 0.05) is 36.1 Å². The fourth-order valence-corrected chi connectivity index (χ4v) is 1.61. The molecule has 0 spiro atoms. The Morgan fingerprint density at radius 2 is 1.75 bits per heavy atom. The summed E-state index contributed by atoms with van der Waals surface area (Å²) in [4.78, 5) is 33.7. The van der Waals surface area contributed by atoms with Crippen LogP contribution in [0.15, 0.2) is 31.0 Å². The molecule has 0 aliphatic rings. The van der Waals surface area contributed by atoms with E-state index in [9.17, 15) is 14.7 Å². The van der Waals surface area contributed by atoms with E-state index >= 15 is 0 Å². The maximum atomic E-state index is 11.7. The number of hydrogen-bond donors (Lipinski definition) is 2. The van der Waals surface area contributed by atoms with Crippen LogP contribution in [0.5, 0.6) is 5.75 Å². The number of aromatic hydroxyl groups is 1. The van der Waals surface area contributed by atoms with E-state index in [0.717, 1.165) is 0 Å². The first-order chi connectivity index (χ1) is 9.58.